The quantitative estimate of drug-likeness (QED) is 0.582. The molecule has 0 aliphatic carbocycles. The molecule has 1 aliphatic rings. The minimum atomic E-state index is -0.777. The highest BCUT2D eigenvalue weighted by molar-refractivity contribution is 5.05. The van der Waals surface area contributed by atoms with Crippen LogP contribution >= 0.6 is 0 Å². The first-order valence-corrected chi connectivity index (χ1v) is 3.41. The Balaban J connectivity index is 2.57. The Morgan fingerprint density at radius 2 is 2.36 bits per heavy atom. The molecule has 0 spiro atoms. The van der Waals surface area contributed by atoms with Gasteiger partial charge >= 0.3 is 0 Å². The van der Waals surface area contributed by atoms with E-state index in [1.807, 2.05) is 0 Å². The average molecular weight is 159 g/mol. The first kappa shape index (κ1) is 8.67. The van der Waals surface area contributed by atoms with Crippen LogP contribution in [0.15, 0.2) is 12.2 Å². The average Bonchev–Trinajstić information content (AvgIpc) is 2.49. The Bertz CT molecular complexity index is 154. The molecule has 2 N–H and O–H groups in total. The normalized spacial score (nSPS) is 36.5. The summed E-state index contributed by atoms with van der Waals surface area (Å²) in [7, 11) is 3.12. The van der Waals surface area contributed by atoms with Gasteiger partial charge in [0.05, 0.1) is 6.54 Å². The molecule has 0 saturated carbocycles. The first-order valence-electron chi connectivity index (χ1n) is 3.41. The lowest BCUT2D eigenvalue weighted by Gasteiger charge is -2.24. The molecular formula is C7H13NO3. The number of methoxy groups -OCH3 is 2. The maximum absolute atomic E-state index is 5.44. The first-order chi connectivity index (χ1) is 5.26. The fourth-order valence-electron chi connectivity index (χ4n) is 0.943. The van der Waals surface area contributed by atoms with Crippen molar-refractivity contribution in [3.05, 3.63) is 12.2 Å². The highest BCUT2D eigenvalue weighted by Gasteiger charge is 2.34. The zero-order valence-corrected chi connectivity index (χ0v) is 6.74. The Morgan fingerprint density at radius 1 is 1.64 bits per heavy atom. The molecule has 1 rings (SSSR count). The van der Waals surface area contributed by atoms with Crippen LogP contribution in [0.4, 0.5) is 0 Å². The van der Waals surface area contributed by atoms with Gasteiger partial charge in [0.15, 0.2) is 6.29 Å². The van der Waals surface area contributed by atoms with E-state index >= 15 is 0 Å². The van der Waals surface area contributed by atoms with Gasteiger partial charge in [-0.2, -0.15) is 0 Å². The van der Waals surface area contributed by atoms with E-state index in [0.717, 1.165) is 0 Å². The number of hydrogen-bond acceptors (Lipinski definition) is 4. The van der Waals surface area contributed by atoms with Crippen molar-refractivity contribution < 1.29 is 14.2 Å². The third-order valence-electron chi connectivity index (χ3n) is 1.69. The van der Waals surface area contributed by atoms with Crippen molar-refractivity contribution in [2.75, 3.05) is 20.8 Å². The summed E-state index contributed by atoms with van der Waals surface area (Å²) in [6.07, 6.45) is 3.20. The van der Waals surface area contributed by atoms with Gasteiger partial charge in [-0.05, 0) is 12.2 Å². The second-order valence-electron chi connectivity index (χ2n) is 2.30. The van der Waals surface area contributed by atoms with E-state index in [1.54, 1.807) is 26.4 Å². The van der Waals surface area contributed by atoms with Gasteiger partial charge in [-0.1, -0.05) is 0 Å². The molecule has 0 bridgehead atoms. The van der Waals surface area contributed by atoms with Gasteiger partial charge in [-0.15, -0.1) is 0 Å². The Labute approximate surface area is 65.9 Å². The van der Waals surface area contributed by atoms with Crippen molar-refractivity contribution in [1.82, 2.24) is 0 Å². The van der Waals surface area contributed by atoms with E-state index in [-0.39, 0.29) is 6.29 Å². The lowest BCUT2D eigenvalue weighted by atomic mass is 10.3. The zero-order chi connectivity index (χ0) is 8.32. The molecule has 11 heavy (non-hydrogen) atoms. The van der Waals surface area contributed by atoms with E-state index in [2.05, 4.69) is 0 Å². The second kappa shape index (κ2) is 3.32. The van der Waals surface area contributed by atoms with Gasteiger partial charge < -0.3 is 19.9 Å². The highest BCUT2D eigenvalue weighted by atomic mass is 16.8. The van der Waals surface area contributed by atoms with Crippen molar-refractivity contribution in [2.45, 2.75) is 12.1 Å². The van der Waals surface area contributed by atoms with Crippen molar-refractivity contribution in [1.29, 1.82) is 0 Å². The topological polar surface area (TPSA) is 53.7 Å². The standard InChI is InChI=1S/C7H13NO3/c1-9-6-3-4-7(5-8,10-2)11-6/h3-4,6H,5,8H2,1-2H3. The van der Waals surface area contributed by atoms with Gasteiger partial charge in [0.2, 0.25) is 5.79 Å². The van der Waals surface area contributed by atoms with Crippen LogP contribution in [0.5, 0.6) is 0 Å². The van der Waals surface area contributed by atoms with Crippen molar-refractivity contribution in [3.8, 4) is 0 Å². The smallest absolute Gasteiger partial charge is 0.203 e. The predicted octanol–water partition coefficient (Wildman–Crippen LogP) is -0.153. The molecule has 2 unspecified atom stereocenters. The molecule has 0 aromatic heterocycles. The van der Waals surface area contributed by atoms with E-state index in [9.17, 15) is 0 Å². The molecule has 4 nitrogen and oxygen atoms in total. The summed E-state index contributed by atoms with van der Waals surface area (Å²) in [5.41, 5.74) is 5.44. The maximum atomic E-state index is 5.44. The van der Waals surface area contributed by atoms with Gasteiger partial charge in [0.25, 0.3) is 0 Å². The fraction of sp³-hybridized carbons (Fsp3) is 0.714. The van der Waals surface area contributed by atoms with Crippen LogP contribution in [0.25, 0.3) is 0 Å². The number of hydrogen-bond donors (Lipinski definition) is 1. The van der Waals surface area contributed by atoms with Gasteiger partial charge in [-0.3, -0.25) is 0 Å². The van der Waals surface area contributed by atoms with Crippen LogP contribution < -0.4 is 5.73 Å². The summed E-state index contributed by atoms with van der Waals surface area (Å²) in [6, 6.07) is 0. The molecule has 0 radical (unpaired) electrons. The summed E-state index contributed by atoms with van der Waals surface area (Å²) in [5, 5.41) is 0. The third kappa shape index (κ3) is 1.59. The minimum absolute atomic E-state index is 0.292. The van der Waals surface area contributed by atoms with E-state index in [0.29, 0.717) is 6.54 Å². The summed E-state index contributed by atoms with van der Waals surface area (Å²) in [4.78, 5) is 0. The van der Waals surface area contributed by atoms with Gasteiger partial charge in [-0.25, -0.2) is 0 Å². The largest absolute Gasteiger partial charge is 0.352 e. The van der Waals surface area contributed by atoms with Crippen molar-refractivity contribution in [2.24, 2.45) is 5.73 Å². The molecule has 1 aliphatic heterocycles. The molecule has 2 atom stereocenters. The highest BCUT2D eigenvalue weighted by Crippen LogP contribution is 2.22. The van der Waals surface area contributed by atoms with Crippen molar-refractivity contribution in [3.63, 3.8) is 0 Å². The molecule has 64 valence electrons. The summed E-state index contributed by atoms with van der Waals surface area (Å²) < 4.78 is 15.3. The van der Waals surface area contributed by atoms with E-state index < -0.39 is 5.79 Å². The van der Waals surface area contributed by atoms with Gasteiger partial charge in [0, 0.05) is 14.2 Å². The van der Waals surface area contributed by atoms with E-state index in [1.165, 1.54) is 0 Å². The molecule has 0 fully saturated rings. The number of ether oxygens (including phenoxy) is 3. The number of rotatable bonds is 3. The van der Waals surface area contributed by atoms with Crippen molar-refractivity contribution >= 4 is 0 Å². The molecule has 4 heteroatoms. The zero-order valence-electron chi connectivity index (χ0n) is 6.74. The Hall–Kier alpha value is -0.420. The van der Waals surface area contributed by atoms with Crippen LogP contribution in [-0.2, 0) is 14.2 Å². The second-order valence-corrected chi connectivity index (χ2v) is 2.30. The maximum Gasteiger partial charge on any atom is 0.203 e. The van der Waals surface area contributed by atoms with E-state index in [4.69, 9.17) is 19.9 Å². The third-order valence-corrected chi connectivity index (χ3v) is 1.69. The lowest BCUT2D eigenvalue weighted by molar-refractivity contribution is -0.236. The van der Waals surface area contributed by atoms with Crippen LogP contribution in [-0.4, -0.2) is 32.8 Å². The minimum Gasteiger partial charge on any atom is -0.352 e. The monoisotopic (exact) mass is 159 g/mol. The number of nitrogens with two attached hydrogens (primary N) is 1. The predicted molar refractivity (Wildman–Crippen MR) is 39.8 cm³/mol. The molecular weight excluding hydrogens is 146 g/mol. The molecule has 0 saturated heterocycles. The van der Waals surface area contributed by atoms with Crippen LogP contribution in [0.1, 0.15) is 0 Å². The van der Waals surface area contributed by atoms with Gasteiger partial charge in [0.1, 0.15) is 0 Å². The molecule has 0 amide bonds. The Morgan fingerprint density at radius 3 is 2.64 bits per heavy atom. The fourth-order valence-corrected chi connectivity index (χ4v) is 0.943. The lowest BCUT2D eigenvalue weighted by Crippen LogP contribution is -2.40. The molecule has 0 aromatic rings. The SMILES string of the molecule is COC1C=CC(CN)(OC)O1. The van der Waals surface area contributed by atoms with Crippen LogP contribution in [0.2, 0.25) is 0 Å². The van der Waals surface area contributed by atoms with Crippen LogP contribution in [0, 0.1) is 0 Å². The summed E-state index contributed by atoms with van der Waals surface area (Å²) in [5.74, 6) is -0.777. The van der Waals surface area contributed by atoms with Crippen LogP contribution in [0.3, 0.4) is 0 Å². The Kier molecular flexibility index (Phi) is 2.62. The summed E-state index contributed by atoms with van der Waals surface area (Å²) >= 11 is 0. The molecule has 0 aromatic carbocycles. The summed E-state index contributed by atoms with van der Waals surface area (Å²) in [6.45, 7) is 0.292. The molecule has 1 heterocycles.